The number of hydrogen-bond acceptors (Lipinski definition) is 2. The largest absolute Gasteiger partial charge is 0.496 e. The number of ether oxygens (including phenoxy) is 1. The third-order valence-electron chi connectivity index (χ3n) is 6.81. The average Bonchev–Trinajstić information content (AvgIpc) is 2.98. The predicted octanol–water partition coefficient (Wildman–Crippen LogP) is 9.59. The molecule has 0 aromatic heterocycles. The lowest BCUT2D eigenvalue weighted by atomic mass is 9.92. The maximum Gasteiger partial charge on any atom is 0.126 e. The molecule has 37 heavy (non-hydrogen) atoms. The quantitative estimate of drug-likeness (QED) is 0.258. The Kier molecular flexibility index (Phi) is 6.14. The maximum atomic E-state index is 5.61. The van der Waals surface area contributed by atoms with Crippen LogP contribution in [0.25, 0.3) is 44.2 Å². The summed E-state index contributed by atoms with van der Waals surface area (Å²) >= 11 is 0. The van der Waals surface area contributed by atoms with Crippen LogP contribution in [0.3, 0.4) is 0 Å². The number of methoxy groups -OCH3 is 1. The van der Waals surface area contributed by atoms with E-state index in [9.17, 15) is 0 Å². The molecule has 0 saturated heterocycles. The molecule has 0 aliphatic heterocycles. The SMILES string of the molecule is COc1ccccc1-c1ccccc1Nc1ccc(-c2ccc(-c3ccccc3)c3ccccc23)cc1. The standard InChI is InChI=1S/C35H27NO/c1-37-35-18-10-8-16-33(35)32-15-7-9-17-34(32)36-27-21-19-26(20-22-27)29-24-23-28(25-11-3-2-4-12-25)30-13-5-6-14-31(29)30/h2-24,36H,1H3. The molecule has 0 spiro atoms. The smallest absolute Gasteiger partial charge is 0.126 e. The van der Waals surface area contributed by atoms with E-state index in [1.54, 1.807) is 7.11 Å². The maximum absolute atomic E-state index is 5.61. The van der Waals surface area contributed by atoms with Gasteiger partial charge in [-0.05, 0) is 57.3 Å². The van der Waals surface area contributed by atoms with Gasteiger partial charge >= 0.3 is 0 Å². The molecule has 0 amide bonds. The van der Waals surface area contributed by atoms with E-state index >= 15 is 0 Å². The summed E-state index contributed by atoms with van der Waals surface area (Å²) in [6, 6.07) is 48.9. The first-order valence-electron chi connectivity index (χ1n) is 12.5. The molecule has 0 aliphatic carbocycles. The monoisotopic (exact) mass is 477 g/mol. The Morgan fingerprint density at radius 2 is 0.973 bits per heavy atom. The van der Waals surface area contributed by atoms with Crippen molar-refractivity contribution in [3.8, 4) is 39.1 Å². The van der Waals surface area contributed by atoms with Gasteiger partial charge in [-0.2, -0.15) is 0 Å². The van der Waals surface area contributed by atoms with Crippen molar-refractivity contribution in [3.63, 3.8) is 0 Å². The molecular formula is C35H27NO. The molecule has 6 aromatic rings. The molecule has 2 nitrogen and oxygen atoms in total. The summed E-state index contributed by atoms with van der Waals surface area (Å²) in [6.07, 6.45) is 0. The predicted molar refractivity (Wildman–Crippen MR) is 157 cm³/mol. The molecule has 2 heteroatoms. The third-order valence-corrected chi connectivity index (χ3v) is 6.81. The number of rotatable bonds is 6. The van der Waals surface area contributed by atoms with Gasteiger partial charge in [-0.25, -0.2) is 0 Å². The van der Waals surface area contributed by atoms with Gasteiger partial charge in [-0.15, -0.1) is 0 Å². The molecule has 0 bridgehead atoms. The molecule has 0 saturated carbocycles. The van der Waals surface area contributed by atoms with E-state index in [1.807, 2.05) is 18.2 Å². The molecule has 0 atom stereocenters. The molecule has 1 N–H and O–H groups in total. The van der Waals surface area contributed by atoms with Crippen molar-refractivity contribution in [1.82, 2.24) is 0 Å². The minimum absolute atomic E-state index is 0.859. The van der Waals surface area contributed by atoms with Gasteiger partial charge in [0.1, 0.15) is 5.75 Å². The van der Waals surface area contributed by atoms with Crippen molar-refractivity contribution in [3.05, 3.63) is 140 Å². The van der Waals surface area contributed by atoms with E-state index in [4.69, 9.17) is 4.74 Å². The fourth-order valence-electron chi connectivity index (χ4n) is 5.00. The Morgan fingerprint density at radius 3 is 1.65 bits per heavy atom. The van der Waals surface area contributed by atoms with Crippen LogP contribution in [-0.4, -0.2) is 7.11 Å². The molecule has 6 rings (SSSR count). The van der Waals surface area contributed by atoms with Crippen LogP contribution in [0.2, 0.25) is 0 Å². The summed E-state index contributed by atoms with van der Waals surface area (Å²) in [6.45, 7) is 0. The van der Waals surface area contributed by atoms with Crippen molar-refractivity contribution in [2.45, 2.75) is 0 Å². The summed E-state index contributed by atoms with van der Waals surface area (Å²) in [5.41, 5.74) is 9.16. The molecular weight excluding hydrogens is 450 g/mol. The van der Waals surface area contributed by atoms with E-state index < -0.39 is 0 Å². The van der Waals surface area contributed by atoms with Crippen LogP contribution >= 0.6 is 0 Å². The molecule has 0 unspecified atom stereocenters. The summed E-state index contributed by atoms with van der Waals surface area (Å²) < 4.78 is 5.61. The van der Waals surface area contributed by atoms with Crippen LogP contribution in [0.4, 0.5) is 11.4 Å². The van der Waals surface area contributed by atoms with Crippen LogP contribution in [0.15, 0.2) is 140 Å². The van der Waals surface area contributed by atoms with Gasteiger partial charge in [-0.1, -0.05) is 115 Å². The zero-order valence-electron chi connectivity index (χ0n) is 20.7. The zero-order chi connectivity index (χ0) is 25.0. The lowest BCUT2D eigenvalue weighted by molar-refractivity contribution is 0.416. The minimum Gasteiger partial charge on any atom is -0.496 e. The van der Waals surface area contributed by atoms with E-state index in [0.29, 0.717) is 0 Å². The van der Waals surface area contributed by atoms with Gasteiger partial charge in [0.2, 0.25) is 0 Å². The number of hydrogen-bond donors (Lipinski definition) is 1. The average molecular weight is 478 g/mol. The highest BCUT2D eigenvalue weighted by Crippen LogP contribution is 2.38. The Labute approximate surface area is 217 Å². The lowest BCUT2D eigenvalue weighted by Crippen LogP contribution is -1.95. The second-order valence-corrected chi connectivity index (χ2v) is 9.02. The first kappa shape index (κ1) is 22.6. The highest BCUT2D eigenvalue weighted by Gasteiger charge is 2.11. The van der Waals surface area contributed by atoms with Crippen molar-refractivity contribution in [1.29, 1.82) is 0 Å². The molecule has 0 heterocycles. The summed E-state index contributed by atoms with van der Waals surface area (Å²) in [5.74, 6) is 0.859. The number of benzene rings is 6. The highest BCUT2D eigenvalue weighted by molar-refractivity contribution is 6.05. The third kappa shape index (κ3) is 4.46. The van der Waals surface area contributed by atoms with Gasteiger partial charge in [-0.3, -0.25) is 0 Å². The van der Waals surface area contributed by atoms with Crippen molar-refractivity contribution < 1.29 is 4.74 Å². The Morgan fingerprint density at radius 1 is 0.432 bits per heavy atom. The number of fused-ring (bicyclic) bond motifs is 1. The van der Waals surface area contributed by atoms with Crippen molar-refractivity contribution >= 4 is 22.1 Å². The normalized spacial score (nSPS) is 10.8. The molecule has 0 aliphatic rings. The number of anilines is 2. The fraction of sp³-hybridized carbons (Fsp3) is 0.0286. The van der Waals surface area contributed by atoms with Crippen LogP contribution in [0.5, 0.6) is 5.75 Å². The molecule has 178 valence electrons. The summed E-state index contributed by atoms with van der Waals surface area (Å²) in [5, 5.41) is 6.13. The van der Waals surface area contributed by atoms with Crippen molar-refractivity contribution in [2.75, 3.05) is 12.4 Å². The minimum atomic E-state index is 0.859. The van der Waals surface area contributed by atoms with Gasteiger partial charge < -0.3 is 10.1 Å². The Hall–Kier alpha value is -4.82. The topological polar surface area (TPSA) is 21.3 Å². The Balaban J connectivity index is 1.34. The van der Waals surface area contributed by atoms with Crippen LogP contribution in [0.1, 0.15) is 0 Å². The van der Waals surface area contributed by atoms with Gasteiger partial charge in [0.25, 0.3) is 0 Å². The van der Waals surface area contributed by atoms with Gasteiger partial charge in [0, 0.05) is 22.5 Å². The fourth-order valence-corrected chi connectivity index (χ4v) is 5.00. The first-order valence-corrected chi connectivity index (χ1v) is 12.5. The second kappa shape index (κ2) is 10.0. The summed E-state index contributed by atoms with van der Waals surface area (Å²) in [4.78, 5) is 0. The zero-order valence-corrected chi connectivity index (χ0v) is 20.7. The molecule has 0 radical (unpaired) electrons. The first-order chi connectivity index (χ1) is 18.3. The Bertz CT molecular complexity index is 1670. The number of para-hydroxylation sites is 2. The summed E-state index contributed by atoms with van der Waals surface area (Å²) in [7, 11) is 1.71. The van der Waals surface area contributed by atoms with E-state index in [0.717, 1.165) is 28.3 Å². The van der Waals surface area contributed by atoms with E-state index in [1.165, 1.54) is 33.0 Å². The molecule has 6 aromatic carbocycles. The van der Waals surface area contributed by atoms with Gasteiger partial charge in [0.05, 0.1) is 7.11 Å². The van der Waals surface area contributed by atoms with Crippen LogP contribution in [-0.2, 0) is 0 Å². The number of nitrogens with one attached hydrogen (secondary N) is 1. The highest BCUT2D eigenvalue weighted by atomic mass is 16.5. The lowest BCUT2D eigenvalue weighted by Gasteiger charge is -2.15. The van der Waals surface area contributed by atoms with Crippen LogP contribution in [0, 0.1) is 0 Å². The second-order valence-electron chi connectivity index (χ2n) is 9.02. The van der Waals surface area contributed by atoms with Crippen molar-refractivity contribution in [2.24, 2.45) is 0 Å². The molecule has 0 fully saturated rings. The van der Waals surface area contributed by atoms with E-state index in [-0.39, 0.29) is 0 Å². The van der Waals surface area contributed by atoms with Crippen LogP contribution < -0.4 is 10.1 Å². The van der Waals surface area contributed by atoms with E-state index in [2.05, 4.69) is 127 Å². The van der Waals surface area contributed by atoms with Gasteiger partial charge in [0.15, 0.2) is 0 Å².